The van der Waals surface area contributed by atoms with Crippen molar-refractivity contribution in [1.82, 2.24) is 5.32 Å². The Hall–Kier alpha value is -1.31. The molecule has 0 atom stereocenters. The summed E-state index contributed by atoms with van der Waals surface area (Å²) in [5.74, 6) is -0.410. The van der Waals surface area contributed by atoms with Crippen LogP contribution in [0, 0.1) is 3.57 Å². The number of benzene rings is 1. The number of nitrogens with one attached hydrogen (secondary N) is 1. The summed E-state index contributed by atoms with van der Waals surface area (Å²) in [6.45, 7) is 5.66. The van der Waals surface area contributed by atoms with Gasteiger partial charge in [0, 0.05) is 3.57 Å². The predicted molar refractivity (Wildman–Crippen MR) is 83.7 cm³/mol. The molecule has 1 rings (SSSR count). The van der Waals surface area contributed by atoms with Gasteiger partial charge in [-0.3, -0.25) is 0 Å². The topological polar surface area (TPSA) is 64.6 Å². The molecule has 5 nitrogen and oxygen atoms in total. The van der Waals surface area contributed by atoms with Crippen LogP contribution in [0.4, 0.5) is 4.79 Å². The number of amides is 1. The van der Waals surface area contributed by atoms with Gasteiger partial charge < -0.3 is 14.8 Å². The average molecular weight is 391 g/mol. The molecule has 0 aliphatic carbocycles. The largest absolute Gasteiger partial charge is 0.460 e. The molecule has 110 valence electrons. The van der Waals surface area contributed by atoms with E-state index in [9.17, 15) is 9.59 Å². The zero-order chi connectivity index (χ0) is 15.2. The Kier molecular flexibility index (Phi) is 6.25. The Morgan fingerprint density at radius 3 is 2.35 bits per heavy atom. The molecule has 1 aromatic carbocycles. The minimum absolute atomic E-state index is 0.101. The van der Waals surface area contributed by atoms with Gasteiger partial charge in [-0.05, 0) is 67.6 Å². The van der Waals surface area contributed by atoms with Crippen LogP contribution in [0.3, 0.4) is 0 Å². The molecule has 0 heterocycles. The van der Waals surface area contributed by atoms with E-state index in [0.29, 0.717) is 5.56 Å². The molecule has 20 heavy (non-hydrogen) atoms. The zero-order valence-electron chi connectivity index (χ0n) is 11.7. The number of carbonyl (C=O) groups is 2. The van der Waals surface area contributed by atoms with E-state index in [2.05, 4.69) is 27.9 Å². The van der Waals surface area contributed by atoms with Gasteiger partial charge in [0.25, 0.3) is 0 Å². The summed E-state index contributed by atoms with van der Waals surface area (Å²) in [4.78, 5) is 23.0. The molecule has 1 aromatic rings. The highest BCUT2D eigenvalue weighted by molar-refractivity contribution is 14.1. The molecule has 0 fully saturated rings. The van der Waals surface area contributed by atoms with Crippen LogP contribution in [-0.4, -0.2) is 30.8 Å². The first-order valence-electron chi connectivity index (χ1n) is 6.17. The SMILES string of the molecule is CC(C)(C)OC(=O)NCCOC(=O)c1ccc(I)cc1. The van der Waals surface area contributed by atoms with E-state index in [0.717, 1.165) is 3.57 Å². The first-order valence-corrected chi connectivity index (χ1v) is 7.25. The Morgan fingerprint density at radius 2 is 1.80 bits per heavy atom. The average Bonchev–Trinajstić information content (AvgIpc) is 2.33. The second kappa shape index (κ2) is 7.47. The van der Waals surface area contributed by atoms with Gasteiger partial charge in [-0.2, -0.15) is 0 Å². The smallest absolute Gasteiger partial charge is 0.407 e. The van der Waals surface area contributed by atoms with Crippen LogP contribution in [-0.2, 0) is 9.47 Å². The van der Waals surface area contributed by atoms with Crippen molar-refractivity contribution < 1.29 is 19.1 Å². The second-order valence-corrected chi connectivity index (χ2v) is 6.32. The predicted octanol–water partition coefficient (Wildman–Crippen LogP) is 2.97. The van der Waals surface area contributed by atoms with Gasteiger partial charge in [0.2, 0.25) is 0 Å². The molecule has 0 bridgehead atoms. The van der Waals surface area contributed by atoms with Gasteiger partial charge in [-0.1, -0.05) is 0 Å². The molecule has 1 amide bonds. The third kappa shape index (κ3) is 6.74. The Morgan fingerprint density at radius 1 is 1.20 bits per heavy atom. The summed E-state index contributed by atoms with van der Waals surface area (Å²) >= 11 is 2.16. The van der Waals surface area contributed by atoms with Crippen molar-refractivity contribution in [2.24, 2.45) is 0 Å². The molecular weight excluding hydrogens is 373 g/mol. The molecule has 0 spiro atoms. The fourth-order valence-electron chi connectivity index (χ4n) is 1.28. The number of alkyl carbamates (subject to hydrolysis) is 1. The van der Waals surface area contributed by atoms with E-state index >= 15 is 0 Å². The number of hydrogen-bond acceptors (Lipinski definition) is 4. The first-order chi connectivity index (χ1) is 9.28. The molecule has 0 aliphatic rings. The molecule has 0 unspecified atom stereocenters. The Balaban J connectivity index is 2.26. The van der Waals surface area contributed by atoms with Crippen molar-refractivity contribution in [1.29, 1.82) is 0 Å². The minimum Gasteiger partial charge on any atom is -0.460 e. The lowest BCUT2D eigenvalue weighted by molar-refractivity contribution is 0.0433. The molecule has 6 heteroatoms. The van der Waals surface area contributed by atoms with Gasteiger partial charge in [-0.15, -0.1) is 0 Å². The van der Waals surface area contributed by atoms with Crippen LogP contribution in [0.5, 0.6) is 0 Å². The van der Waals surface area contributed by atoms with Crippen LogP contribution in [0.25, 0.3) is 0 Å². The summed E-state index contributed by atoms with van der Waals surface area (Å²) < 4.78 is 11.1. The number of hydrogen-bond donors (Lipinski definition) is 1. The lowest BCUT2D eigenvalue weighted by atomic mass is 10.2. The molecule has 0 aliphatic heterocycles. The van der Waals surface area contributed by atoms with E-state index in [1.54, 1.807) is 32.9 Å². The zero-order valence-corrected chi connectivity index (χ0v) is 13.9. The van der Waals surface area contributed by atoms with Gasteiger partial charge in [0.05, 0.1) is 12.1 Å². The van der Waals surface area contributed by atoms with Gasteiger partial charge in [0.15, 0.2) is 0 Å². The standard InChI is InChI=1S/C14H18INO4/c1-14(2,3)20-13(18)16-8-9-19-12(17)10-4-6-11(15)7-5-10/h4-7H,8-9H2,1-3H3,(H,16,18). The van der Waals surface area contributed by atoms with E-state index in [1.165, 1.54) is 0 Å². The van der Waals surface area contributed by atoms with Crippen molar-refractivity contribution in [3.8, 4) is 0 Å². The molecular formula is C14H18INO4. The van der Waals surface area contributed by atoms with E-state index in [1.807, 2.05) is 12.1 Å². The maximum Gasteiger partial charge on any atom is 0.407 e. The quantitative estimate of drug-likeness (QED) is 0.487. The molecule has 1 N–H and O–H groups in total. The maximum atomic E-state index is 11.7. The fourth-order valence-corrected chi connectivity index (χ4v) is 1.64. The summed E-state index contributed by atoms with van der Waals surface area (Å²) in [5.41, 5.74) is -0.0511. The van der Waals surface area contributed by atoms with Crippen molar-refractivity contribution >= 4 is 34.7 Å². The van der Waals surface area contributed by atoms with Crippen LogP contribution in [0.2, 0.25) is 0 Å². The fraction of sp³-hybridized carbons (Fsp3) is 0.429. The Labute approximate surface area is 132 Å². The Bertz CT molecular complexity index is 465. The van der Waals surface area contributed by atoms with E-state index in [4.69, 9.17) is 9.47 Å². The summed E-state index contributed by atoms with van der Waals surface area (Å²) in [6.07, 6.45) is -0.525. The number of carbonyl (C=O) groups excluding carboxylic acids is 2. The van der Waals surface area contributed by atoms with Crippen molar-refractivity contribution in [3.63, 3.8) is 0 Å². The summed E-state index contributed by atoms with van der Waals surface area (Å²) in [6, 6.07) is 7.06. The highest BCUT2D eigenvalue weighted by atomic mass is 127. The molecule has 0 aromatic heterocycles. The van der Waals surface area contributed by atoms with Crippen molar-refractivity contribution in [3.05, 3.63) is 33.4 Å². The maximum absolute atomic E-state index is 11.7. The minimum atomic E-state index is -0.540. The molecule has 0 saturated heterocycles. The van der Waals surface area contributed by atoms with Crippen LogP contribution in [0.1, 0.15) is 31.1 Å². The van der Waals surface area contributed by atoms with Crippen LogP contribution < -0.4 is 5.32 Å². The number of rotatable bonds is 4. The highest BCUT2D eigenvalue weighted by Crippen LogP contribution is 2.08. The van der Waals surface area contributed by atoms with Gasteiger partial charge >= 0.3 is 12.1 Å². The van der Waals surface area contributed by atoms with Crippen LogP contribution >= 0.6 is 22.6 Å². The summed E-state index contributed by atoms with van der Waals surface area (Å²) in [5, 5.41) is 2.52. The van der Waals surface area contributed by atoms with Crippen LogP contribution in [0.15, 0.2) is 24.3 Å². The number of esters is 1. The number of ether oxygens (including phenoxy) is 2. The van der Waals surface area contributed by atoms with Crippen molar-refractivity contribution in [2.45, 2.75) is 26.4 Å². The third-order valence-corrected chi connectivity index (χ3v) is 2.80. The van der Waals surface area contributed by atoms with E-state index < -0.39 is 17.7 Å². The van der Waals surface area contributed by atoms with E-state index in [-0.39, 0.29) is 13.2 Å². The number of halogens is 1. The highest BCUT2D eigenvalue weighted by Gasteiger charge is 2.15. The lowest BCUT2D eigenvalue weighted by Gasteiger charge is -2.19. The normalized spacial score (nSPS) is 10.8. The monoisotopic (exact) mass is 391 g/mol. The first kappa shape index (κ1) is 16.7. The van der Waals surface area contributed by atoms with Crippen molar-refractivity contribution in [2.75, 3.05) is 13.2 Å². The third-order valence-electron chi connectivity index (χ3n) is 2.08. The molecule has 0 radical (unpaired) electrons. The summed E-state index contributed by atoms with van der Waals surface area (Å²) in [7, 11) is 0. The van der Waals surface area contributed by atoms with Gasteiger partial charge in [-0.25, -0.2) is 9.59 Å². The molecule has 0 saturated carbocycles. The van der Waals surface area contributed by atoms with Gasteiger partial charge in [0.1, 0.15) is 12.2 Å². The second-order valence-electron chi connectivity index (χ2n) is 5.07. The lowest BCUT2D eigenvalue weighted by Crippen LogP contribution is -2.34.